The first kappa shape index (κ1) is 14.7. The van der Waals surface area contributed by atoms with E-state index in [1.807, 2.05) is 12.1 Å². The van der Waals surface area contributed by atoms with Crippen molar-refractivity contribution in [1.29, 1.82) is 0 Å². The maximum atomic E-state index is 10.8. The van der Waals surface area contributed by atoms with Crippen LogP contribution in [0.2, 0.25) is 10.0 Å². The van der Waals surface area contributed by atoms with E-state index in [4.69, 9.17) is 32.7 Å². The van der Waals surface area contributed by atoms with Crippen molar-refractivity contribution in [1.82, 2.24) is 0 Å². The molecular weight excluding hydrogens is 299 g/mol. The molecule has 0 saturated carbocycles. The van der Waals surface area contributed by atoms with E-state index in [1.165, 1.54) is 7.11 Å². The number of methoxy groups -OCH3 is 1. The van der Waals surface area contributed by atoms with Crippen molar-refractivity contribution in [2.75, 3.05) is 7.11 Å². The van der Waals surface area contributed by atoms with E-state index in [-0.39, 0.29) is 0 Å². The van der Waals surface area contributed by atoms with Gasteiger partial charge in [-0.2, -0.15) is 0 Å². The van der Waals surface area contributed by atoms with E-state index in [2.05, 4.69) is 0 Å². The molecule has 0 aliphatic carbocycles. The fourth-order valence-corrected chi connectivity index (χ4v) is 1.98. The zero-order valence-electron chi connectivity index (χ0n) is 10.7. The topological polar surface area (TPSA) is 35.5 Å². The minimum atomic E-state index is 0.326. The predicted octanol–water partition coefficient (Wildman–Crippen LogP) is 4.39. The van der Waals surface area contributed by atoms with Gasteiger partial charge in [0, 0.05) is 16.7 Å². The molecule has 5 heteroatoms. The minimum Gasteiger partial charge on any atom is -0.493 e. The van der Waals surface area contributed by atoms with Gasteiger partial charge >= 0.3 is 0 Å². The number of rotatable bonds is 5. The monoisotopic (exact) mass is 310 g/mol. The lowest BCUT2D eigenvalue weighted by molar-refractivity contribution is 0.112. The molecule has 0 heterocycles. The highest BCUT2D eigenvalue weighted by molar-refractivity contribution is 6.33. The third-order valence-electron chi connectivity index (χ3n) is 2.72. The second-order valence-electron chi connectivity index (χ2n) is 4.06. The summed E-state index contributed by atoms with van der Waals surface area (Å²) in [6.07, 6.45) is 0.674. The molecule has 2 rings (SSSR count). The van der Waals surface area contributed by atoms with Gasteiger partial charge in [0.05, 0.1) is 12.1 Å². The van der Waals surface area contributed by atoms with Crippen LogP contribution in [0.4, 0.5) is 0 Å². The van der Waals surface area contributed by atoms with Crippen LogP contribution in [0.3, 0.4) is 0 Å². The van der Waals surface area contributed by atoms with Crippen molar-refractivity contribution in [2.24, 2.45) is 0 Å². The average Bonchev–Trinajstić information content (AvgIpc) is 2.46. The molecule has 0 N–H and O–H groups in total. The molecule has 0 amide bonds. The SMILES string of the molecule is COc1cc(C=O)c(Cl)cc1OCc1ccc(Cl)cc1. The van der Waals surface area contributed by atoms with Gasteiger partial charge in [0.15, 0.2) is 17.8 Å². The Bertz CT molecular complexity index is 609. The van der Waals surface area contributed by atoms with Crippen LogP contribution in [0.15, 0.2) is 36.4 Å². The molecule has 0 radical (unpaired) electrons. The van der Waals surface area contributed by atoms with Crippen molar-refractivity contribution in [2.45, 2.75) is 6.61 Å². The molecule has 0 unspecified atom stereocenters. The Balaban J connectivity index is 2.18. The molecule has 0 fully saturated rings. The molecule has 0 saturated heterocycles. The molecular formula is C15H12Cl2O3. The Hall–Kier alpha value is -1.71. The van der Waals surface area contributed by atoms with Gasteiger partial charge in [0.2, 0.25) is 0 Å². The Morgan fingerprint density at radius 3 is 2.40 bits per heavy atom. The van der Waals surface area contributed by atoms with Gasteiger partial charge in [-0.25, -0.2) is 0 Å². The molecule has 104 valence electrons. The quantitative estimate of drug-likeness (QED) is 0.768. The molecule has 0 spiro atoms. The second-order valence-corrected chi connectivity index (χ2v) is 4.90. The van der Waals surface area contributed by atoms with Crippen molar-refractivity contribution < 1.29 is 14.3 Å². The standard InChI is InChI=1S/C15H12Cl2O3/c1-19-14-6-11(8-18)13(17)7-15(14)20-9-10-2-4-12(16)5-3-10/h2-8H,9H2,1H3. The van der Waals surface area contributed by atoms with Crippen molar-refractivity contribution in [3.8, 4) is 11.5 Å². The predicted molar refractivity (Wildman–Crippen MR) is 79.2 cm³/mol. The largest absolute Gasteiger partial charge is 0.493 e. The lowest BCUT2D eigenvalue weighted by Crippen LogP contribution is -1.98. The Morgan fingerprint density at radius 2 is 1.80 bits per heavy atom. The number of halogens is 2. The summed E-state index contributed by atoms with van der Waals surface area (Å²) < 4.78 is 10.9. The summed E-state index contributed by atoms with van der Waals surface area (Å²) in [5, 5.41) is 0.997. The van der Waals surface area contributed by atoms with E-state index in [0.717, 1.165) is 5.56 Å². The minimum absolute atomic E-state index is 0.326. The molecule has 0 aromatic heterocycles. The van der Waals surface area contributed by atoms with E-state index in [0.29, 0.717) is 40.0 Å². The molecule has 0 bridgehead atoms. The van der Waals surface area contributed by atoms with Crippen LogP contribution in [-0.4, -0.2) is 13.4 Å². The second kappa shape index (κ2) is 6.64. The summed E-state index contributed by atoms with van der Waals surface area (Å²) in [5.41, 5.74) is 1.33. The fourth-order valence-electron chi connectivity index (χ4n) is 1.66. The normalized spacial score (nSPS) is 10.2. The Kier molecular flexibility index (Phi) is 4.88. The summed E-state index contributed by atoms with van der Waals surface area (Å²) in [7, 11) is 1.51. The molecule has 20 heavy (non-hydrogen) atoms. The van der Waals surface area contributed by atoms with Gasteiger partial charge in [-0.1, -0.05) is 35.3 Å². The van der Waals surface area contributed by atoms with Crippen LogP contribution < -0.4 is 9.47 Å². The highest BCUT2D eigenvalue weighted by Crippen LogP contribution is 2.33. The van der Waals surface area contributed by atoms with Gasteiger partial charge in [-0.15, -0.1) is 0 Å². The lowest BCUT2D eigenvalue weighted by atomic mass is 10.2. The summed E-state index contributed by atoms with van der Waals surface area (Å²) in [4.78, 5) is 10.8. The van der Waals surface area contributed by atoms with Gasteiger partial charge < -0.3 is 9.47 Å². The average molecular weight is 311 g/mol. The molecule has 0 atom stereocenters. The van der Waals surface area contributed by atoms with E-state index in [1.54, 1.807) is 24.3 Å². The smallest absolute Gasteiger partial charge is 0.163 e. The number of benzene rings is 2. The molecule has 0 aliphatic heterocycles. The van der Waals surface area contributed by atoms with Crippen molar-refractivity contribution in [3.63, 3.8) is 0 Å². The first-order valence-corrected chi connectivity index (χ1v) is 6.59. The van der Waals surface area contributed by atoms with E-state index in [9.17, 15) is 4.79 Å². The number of hydrogen-bond acceptors (Lipinski definition) is 3. The van der Waals surface area contributed by atoms with Gasteiger partial charge in [0.1, 0.15) is 6.61 Å². The first-order valence-electron chi connectivity index (χ1n) is 5.84. The van der Waals surface area contributed by atoms with Crippen molar-refractivity contribution in [3.05, 3.63) is 57.6 Å². The van der Waals surface area contributed by atoms with E-state index >= 15 is 0 Å². The number of ether oxygens (including phenoxy) is 2. The summed E-state index contributed by atoms with van der Waals surface area (Å²) in [6.45, 7) is 0.351. The van der Waals surface area contributed by atoms with Crippen LogP contribution in [0, 0.1) is 0 Å². The number of carbonyl (C=O) groups excluding carboxylic acids is 1. The lowest BCUT2D eigenvalue weighted by Gasteiger charge is -2.12. The zero-order valence-corrected chi connectivity index (χ0v) is 12.2. The summed E-state index contributed by atoms with van der Waals surface area (Å²) in [6, 6.07) is 10.4. The number of hydrogen-bond donors (Lipinski definition) is 0. The van der Waals surface area contributed by atoms with Gasteiger partial charge in [0.25, 0.3) is 0 Å². The maximum Gasteiger partial charge on any atom is 0.163 e. The van der Waals surface area contributed by atoms with Crippen LogP contribution in [0.25, 0.3) is 0 Å². The highest BCUT2D eigenvalue weighted by Gasteiger charge is 2.10. The van der Waals surface area contributed by atoms with Crippen LogP contribution in [0.1, 0.15) is 15.9 Å². The summed E-state index contributed by atoms with van der Waals surface area (Å²) >= 11 is 11.8. The molecule has 3 nitrogen and oxygen atoms in total. The highest BCUT2D eigenvalue weighted by atomic mass is 35.5. The molecule has 2 aromatic carbocycles. The molecule has 2 aromatic rings. The number of carbonyl (C=O) groups is 1. The number of aldehydes is 1. The summed E-state index contributed by atoms with van der Waals surface area (Å²) in [5.74, 6) is 0.948. The van der Waals surface area contributed by atoms with Crippen molar-refractivity contribution >= 4 is 29.5 Å². The Labute approximate surface area is 127 Å². The molecule has 0 aliphatic rings. The van der Waals surface area contributed by atoms with E-state index < -0.39 is 0 Å². The fraction of sp³-hybridized carbons (Fsp3) is 0.133. The van der Waals surface area contributed by atoms with Gasteiger partial charge in [-0.05, 0) is 23.8 Å². The van der Waals surface area contributed by atoms with Crippen LogP contribution in [0.5, 0.6) is 11.5 Å². The first-order chi connectivity index (χ1) is 9.63. The third-order valence-corrected chi connectivity index (χ3v) is 3.30. The van der Waals surface area contributed by atoms with Crippen LogP contribution in [-0.2, 0) is 6.61 Å². The third kappa shape index (κ3) is 3.44. The maximum absolute atomic E-state index is 10.8. The zero-order chi connectivity index (χ0) is 14.5. The Morgan fingerprint density at radius 1 is 1.10 bits per heavy atom. The van der Waals surface area contributed by atoms with Gasteiger partial charge in [-0.3, -0.25) is 4.79 Å². The van der Waals surface area contributed by atoms with Crippen LogP contribution >= 0.6 is 23.2 Å².